The molecular formula is C19H25N5O. The van der Waals surface area contributed by atoms with Crippen molar-refractivity contribution in [2.24, 2.45) is 7.05 Å². The van der Waals surface area contributed by atoms with Crippen LogP contribution < -0.4 is 10.2 Å². The molecule has 2 aliphatic heterocycles. The Morgan fingerprint density at radius 3 is 2.96 bits per heavy atom. The first kappa shape index (κ1) is 16.3. The highest BCUT2D eigenvalue weighted by Crippen LogP contribution is 2.29. The molecule has 1 saturated heterocycles. The third-order valence-electron chi connectivity index (χ3n) is 5.38. The molecule has 3 heterocycles. The molecule has 1 unspecified atom stereocenters. The van der Waals surface area contributed by atoms with E-state index in [1.165, 1.54) is 11.1 Å². The third-order valence-corrected chi connectivity index (χ3v) is 5.38. The van der Waals surface area contributed by atoms with Crippen molar-refractivity contribution in [2.75, 3.05) is 31.6 Å². The second kappa shape index (κ2) is 6.61. The van der Waals surface area contributed by atoms with Crippen molar-refractivity contribution in [3.05, 3.63) is 47.5 Å². The van der Waals surface area contributed by atoms with Gasteiger partial charge in [-0.05, 0) is 23.6 Å². The number of aryl methyl sites for hydroxylation is 2. The lowest BCUT2D eigenvalue weighted by Gasteiger charge is -2.36. The summed E-state index contributed by atoms with van der Waals surface area (Å²) in [6.07, 6.45) is 5.33. The zero-order valence-corrected chi connectivity index (χ0v) is 14.9. The average molecular weight is 339 g/mol. The average Bonchev–Trinajstić information content (AvgIpc) is 3.05. The first-order valence-electron chi connectivity index (χ1n) is 8.94. The van der Waals surface area contributed by atoms with Gasteiger partial charge in [0.25, 0.3) is 0 Å². The van der Waals surface area contributed by atoms with Crippen LogP contribution in [0.3, 0.4) is 0 Å². The molecule has 0 aliphatic carbocycles. The summed E-state index contributed by atoms with van der Waals surface area (Å²) < 4.78 is 2.11. The molecule has 0 radical (unpaired) electrons. The Morgan fingerprint density at radius 1 is 1.28 bits per heavy atom. The van der Waals surface area contributed by atoms with Gasteiger partial charge in [0.15, 0.2) is 0 Å². The van der Waals surface area contributed by atoms with Gasteiger partial charge < -0.3 is 14.8 Å². The number of rotatable bonds is 3. The molecule has 25 heavy (non-hydrogen) atoms. The van der Waals surface area contributed by atoms with Crippen LogP contribution in [0.5, 0.6) is 0 Å². The number of nitrogens with zero attached hydrogens (tertiary/aromatic N) is 4. The first-order chi connectivity index (χ1) is 12.1. The van der Waals surface area contributed by atoms with Gasteiger partial charge >= 0.3 is 0 Å². The molecule has 1 fully saturated rings. The molecule has 1 N–H and O–H groups in total. The molecule has 6 heteroatoms. The zero-order chi connectivity index (χ0) is 17.4. The Morgan fingerprint density at radius 2 is 2.16 bits per heavy atom. The maximum atomic E-state index is 11.9. The van der Waals surface area contributed by atoms with Gasteiger partial charge in [-0.15, -0.1) is 0 Å². The SMILES string of the molecule is CN1C(=O)CCc2cc(CN3CCNCC3c3nccn3C)ccc21. The Hall–Kier alpha value is -2.18. The largest absolute Gasteiger partial charge is 0.337 e. The molecule has 1 aromatic heterocycles. The number of anilines is 1. The van der Waals surface area contributed by atoms with E-state index in [1.54, 1.807) is 4.90 Å². The van der Waals surface area contributed by atoms with Gasteiger partial charge in [-0.1, -0.05) is 12.1 Å². The number of piperazine rings is 1. The molecule has 0 bridgehead atoms. The Balaban J connectivity index is 1.56. The molecule has 0 spiro atoms. The summed E-state index contributed by atoms with van der Waals surface area (Å²) >= 11 is 0. The molecule has 0 saturated carbocycles. The van der Waals surface area contributed by atoms with Gasteiger partial charge in [0, 0.05) is 64.8 Å². The van der Waals surface area contributed by atoms with Gasteiger partial charge in [-0.25, -0.2) is 4.98 Å². The van der Waals surface area contributed by atoms with Crippen LogP contribution in [0.4, 0.5) is 5.69 Å². The smallest absolute Gasteiger partial charge is 0.227 e. The van der Waals surface area contributed by atoms with Crippen LogP contribution in [0.1, 0.15) is 29.4 Å². The molecule has 1 amide bonds. The highest BCUT2D eigenvalue weighted by Gasteiger charge is 2.27. The fraction of sp³-hybridized carbons (Fsp3) is 0.474. The van der Waals surface area contributed by atoms with Crippen LogP contribution in [0.25, 0.3) is 0 Å². The third kappa shape index (κ3) is 3.07. The minimum Gasteiger partial charge on any atom is -0.337 e. The minimum absolute atomic E-state index is 0.206. The van der Waals surface area contributed by atoms with E-state index in [9.17, 15) is 4.79 Å². The van der Waals surface area contributed by atoms with E-state index in [4.69, 9.17) is 0 Å². The molecule has 4 rings (SSSR count). The summed E-state index contributed by atoms with van der Waals surface area (Å²) in [6.45, 7) is 3.84. The Labute approximate surface area is 148 Å². The van der Waals surface area contributed by atoms with Crippen LogP contribution in [0.15, 0.2) is 30.6 Å². The number of benzene rings is 1. The number of hydrogen-bond acceptors (Lipinski definition) is 4. The van der Waals surface area contributed by atoms with Gasteiger partial charge in [-0.2, -0.15) is 0 Å². The van der Waals surface area contributed by atoms with Crippen LogP contribution in [-0.2, 0) is 24.8 Å². The number of fused-ring (bicyclic) bond motifs is 1. The summed E-state index contributed by atoms with van der Waals surface area (Å²) in [6, 6.07) is 6.81. The lowest BCUT2D eigenvalue weighted by Crippen LogP contribution is -2.46. The summed E-state index contributed by atoms with van der Waals surface area (Å²) in [4.78, 5) is 20.7. The van der Waals surface area contributed by atoms with E-state index >= 15 is 0 Å². The highest BCUT2D eigenvalue weighted by molar-refractivity contribution is 5.95. The normalized spacial score (nSPS) is 21.4. The van der Waals surface area contributed by atoms with Crippen LogP contribution >= 0.6 is 0 Å². The molecule has 1 atom stereocenters. The lowest BCUT2D eigenvalue weighted by atomic mass is 9.98. The van der Waals surface area contributed by atoms with Crippen molar-refractivity contribution in [3.8, 4) is 0 Å². The fourth-order valence-electron chi connectivity index (χ4n) is 3.93. The highest BCUT2D eigenvalue weighted by atomic mass is 16.2. The quantitative estimate of drug-likeness (QED) is 0.920. The summed E-state index contributed by atoms with van der Waals surface area (Å²) in [5.41, 5.74) is 3.65. The van der Waals surface area contributed by atoms with Crippen molar-refractivity contribution in [1.82, 2.24) is 19.8 Å². The summed E-state index contributed by atoms with van der Waals surface area (Å²) in [5, 5.41) is 3.49. The zero-order valence-electron chi connectivity index (χ0n) is 14.9. The number of hydrogen-bond donors (Lipinski definition) is 1. The van der Waals surface area contributed by atoms with E-state index in [0.29, 0.717) is 6.42 Å². The van der Waals surface area contributed by atoms with Crippen molar-refractivity contribution >= 4 is 11.6 Å². The Kier molecular flexibility index (Phi) is 4.31. The van der Waals surface area contributed by atoms with E-state index in [2.05, 4.69) is 45.0 Å². The number of imidazole rings is 1. The van der Waals surface area contributed by atoms with Crippen LogP contribution in [0.2, 0.25) is 0 Å². The molecule has 132 valence electrons. The lowest BCUT2D eigenvalue weighted by molar-refractivity contribution is -0.118. The fourth-order valence-corrected chi connectivity index (χ4v) is 3.93. The van der Waals surface area contributed by atoms with Gasteiger partial charge in [-0.3, -0.25) is 9.69 Å². The molecule has 2 aliphatic rings. The number of amides is 1. The predicted molar refractivity (Wildman–Crippen MR) is 97.4 cm³/mol. The standard InChI is InChI=1S/C19H25N5O/c1-22-9-8-21-19(22)17-12-20-7-10-24(17)13-14-3-5-16-15(11-14)4-6-18(25)23(16)2/h3,5,8-9,11,17,20H,4,6-7,10,12-13H2,1-2H3. The van der Waals surface area contributed by atoms with E-state index < -0.39 is 0 Å². The molecule has 1 aromatic carbocycles. The van der Waals surface area contributed by atoms with Crippen molar-refractivity contribution < 1.29 is 4.79 Å². The second-order valence-electron chi connectivity index (χ2n) is 7.00. The van der Waals surface area contributed by atoms with E-state index in [1.807, 2.05) is 19.4 Å². The number of aromatic nitrogens is 2. The molecule has 2 aromatic rings. The predicted octanol–water partition coefficient (Wildman–Crippen LogP) is 1.48. The van der Waals surface area contributed by atoms with Gasteiger partial charge in [0.1, 0.15) is 5.82 Å². The van der Waals surface area contributed by atoms with E-state index in [0.717, 1.165) is 44.1 Å². The number of carbonyl (C=O) groups excluding carboxylic acids is 1. The maximum absolute atomic E-state index is 11.9. The number of nitrogens with one attached hydrogen (secondary N) is 1. The van der Waals surface area contributed by atoms with Crippen molar-refractivity contribution in [3.63, 3.8) is 0 Å². The molecular weight excluding hydrogens is 314 g/mol. The summed E-state index contributed by atoms with van der Waals surface area (Å²) in [7, 11) is 3.92. The second-order valence-corrected chi connectivity index (χ2v) is 7.00. The topological polar surface area (TPSA) is 53.4 Å². The van der Waals surface area contributed by atoms with E-state index in [-0.39, 0.29) is 11.9 Å². The first-order valence-corrected chi connectivity index (χ1v) is 8.94. The van der Waals surface area contributed by atoms with Crippen molar-refractivity contribution in [2.45, 2.75) is 25.4 Å². The van der Waals surface area contributed by atoms with Gasteiger partial charge in [0.05, 0.1) is 6.04 Å². The number of carbonyl (C=O) groups is 1. The van der Waals surface area contributed by atoms with Crippen molar-refractivity contribution in [1.29, 1.82) is 0 Å². The monoisotopic (exact) mass is 339 g/mol. The van der Waals surface area contributed by atoms with Crippen LogP contribution in [0, 0.1) is 0 Å². The summed E-state index contributed by atoms with van der Waals surface area (Å²) in [5.74, 6) is 1.31. The van der Waals surface area contributed by atoms with Crippen LogP contribution in [-0.4, -0.2) is 47.0 Å². The Bertz CT molecular complexity index is 784. The molecule has 6 nitrogen and oxygen atoms in total. The minimum atomic E-state index is 0.206. The maximum Gasteiger partial charge on any atom is 0.227 e. The van der Waals surface area contributed by atoms with Gasteiger partial charge in [0.2, 0.25) is 5.91 Å².